The Bertz CT molecular complexity index is 736. The first-order chi connectivity index (χ1) is 13.3. The van der Waals surface area contributed by atoms with E-state index in [-0.39, 0.29) is 30.3 Å². The van der Waals surface area contributed by atoms with Gasteiger partial charge in [0.2, 0.25) is 10.0 Å². The minimum absolute atomic E-state index is 0.0522. The summed E-state index contributed by atoms with van der Waals surface area (Å²) < 4.78 is 37.8. The molecule has 1 amide bonds. The number of carbonyl (C=O) groups is 1. The van der Waals surface area contributed by atoms with Crippen molar-refractivity contribution in [3.63, 3.8) is 0 Å². The van der Waals surface area contributed by atoms with Crippen LogP contribution in [0.4, 0.5) is 0 Å². The number of carbonyl (C=O) groups excluding carboxylic acids is 1. The van der Waals surface area contributed by atoms with Crippen molar-refractivity contribution < 1.29 is 22.7 Å². The molecule has 0 atom stereocenters. The highest BCUT2D eigenvalue weighted by Crippen LogP contribution is 2.27. The number of benzene rings is 1. The second-order valence-corrected chi connectivity index (χ2v) is 9.38. The van der Waals surface area contributed by atoms with Gasteiger partial charge in [0.1, 0.15) is 11.5 Å². The lowest BCUT2D eigenvalue weighted by Gasteiger charge is -2.36. The van der Waals surface area contributed by atoms with Crippen molar-refractivity contribution in [2.24, 2.45) is 0 Å². The van der Waals surface area contributed by atoms with Crippen molar-refractivity contribution >= 4 is 15.9 Å². The van der Waals surface area contributed by atoms with Gasteiger partial charge in [-0.25, -0.2) is 8.42 Å². The van der Waals surface area contributed by atoms with E-state index in [0.717, 1.165) is 25.7 Å². The summed E-state index contributed by atoms with van der Waals surface area (Å²) in [7, 11) is -0.438. The van der Waals surface area contributed by atoms with Gasteiger partial charge < -0.3 is 14.8 Å². The highest BCUT2D eigenvalue weighted by molar-refractivity contribution is 7.89. The molecule has 1 aromatic carbocycles. The quantitative estimate of drug-likeness (QED) is 0.674. The maximum Gasteiger partial charge on any atom is 0.251 e. The molecular formula is C20H32N2O5S. The Morgan fingerprint density at radius 1 is 1.11 bits per heavy atom. The molecule has 1 aliphatic rings. The molecule has 0 heterocycles. The van der Waals surface area contributed by atoms with Gasteiger partial charge in [0, 0.05) is 30.3 Å². The molecule has 0 saturated heterocycles. The molecule has 158 valence electrons. The van der Waals surface area contributed by atoms with E-state index in [1.165, 1.54) is 20.6 Å². The molecule has 7 nitrogen and oxygen atoms in total. The van der Waals surface area contributed by atoms with Crippen LogP contribution in [0.5, 0.6) is 11.5 Å². The normalized spacial score (nSPS) is 15.6. The van der Waals surface area contributed by atoms with E-state index in [1.54, 1.807) is 22.5 Å². The zero-order chi connectivity index (χ0) is 20.7. The lowest BCUT2D eigenvalue weighted by molar-refractivity contribution is 0.0955. The molecular weight excluding hydrogens is 380 g/mol. The second-order valence-electron chi connectivity index (χ2n) is 7.39. The molecule has 2 rings (SSSR count). The van der Waals surface area contributed by atoms with Crippen molar-refractivity contribution in [2.45, 2.75) is 58.0 Å². The van der Waals surface area contributed by atoms with Crippen LogP contribution in [0.15, 0.2) is 18.2 Å². The fourth-order valence-corrected chi connectivity index (χ4v) is 5.62. The summed E-state index contributed by atoms with van der Waals surface area (Å²) >= 11 is 0. The number of nitrogens with one attached hydrogen (secondary N) is 1. The van der Waals surface area contributed by atoms with E-state index in [2.05, 4.69) is 5.32 Å². The monoisotopic (exact) mass is 412 g/mol. The van der Waals surface area contributed by atoms with E-state index in [9.17, 15) is 13.2 Å². The number of nitrogens with zero attached hydrogens (tertiary/aromatic N) is 1. The molecule has 0 aliphatic heterocycles. The zero-order valence-corrected chi connectivity index (χ0v) is 18.0. The molecule has 0 bridgehead atoms. The van der Waals surface area contributed by atoms with Crippen molar-refractivity contribution in [3.8, 4) is 11.5 Å². The van der Waals surface area contributed by atoms with Crippen LogP contribution in [0.2, 0.25) is 0 Å². The van der Waals surface area contributed by atoms with Gasteiger partial charge >= 0.3 is 0 Å². The van der Waals surface area contributed by atoms with Crippen molar-refractivity contribution in [1.29, 1.82) is 0 Å². The summed E-state index contributed by atoms with van der Waals surface area (Å²) in [6.45, 7) is 3.87. The van der Waals surface area contributed by atoms with Gasteiger partial charge in [0.15, 0.2) is 0 Å². The minimum atomic E-state index is -3.46. The fraction of sp³-hybridized carbons (Fsp3) is 0.650. The first-order valence-electron chi connectivity index (χ1n) is 9.81. The van der Waals surface area contributed by atoms with Crippen LogP contribution in [0.3, 0.4) is 0 Å². The topological polar surface area (TPSA) is 84.9 Å². The molecule has 1 aromatic rings. The summed E-state index contributed by atoms with van der Waals surface area (Å²) in [6.07, 6.45) is 5.12. The summed E-state index contributed by atoms with van der Waals surface area (Å²) in [5.41, 5.74) is 0.363. The van der Waals surface area contributed by atoms with Crippen molar-refractivity contribution in [3.05, 3.63) is 23.8 Å². The molecule has 0 unspecified atom stereocenters. The predicted molar refractivity (Wildman–Crippen MR) is 110 cm³/mol. The first-order valence-corrected chi connectivity index (χ1v) is 11.4. The third kappa shape index (κ3) is 5.85. The maximum atomic E-state index is 12.9. The third-order valence-electron chi connectivity index (χ3n) is 5.02. The van der Waals surface area contributed by atoms with Gasteiger partial charge in [-0.05, 0) is 38.8 Å². The molecule has 0 aromatic heterocycles. The standard InChI is InChI=1S/C20H32N2O5S/c1-15(2)22(17-8-6-5-7-9-17)28(24,25)11-10-21-20(23)16-12-18(26-3)14-19(13-16)27-4/h12-15,17H,5-11H2,1-4H3,(H,21,23). The summed E-state index contributed by atoms with van der Waals surface area (Å²) in [4.78, 5) is 12.4. The Labute approximate surface area is 168 Å². The molecule has 0 radical (unpaired) electrons. The van der Waals surface area contributed by atoms with Crippen LogP contribution in [0, 0.1) is 0 Å². The highest BCUT2D eigenvalue weighted by atomic mass is 32.2. The van der Waals surface area contributed by atoms with Crippen LogP contribution < -0.4 is 14.8 Å². The Kier molecular flexibility index (Phi) is 8.12. The van der Waals surface area contributed by atoms with E-state index in [4.69, 9.17) is 9.47 Å². The van der Waals surface area contributed by atoms with Gasteiger partial charge in [0.25, 0.3) is 5.91 Å². The van der Waals surface area contributed by atoms with E-state index in [1.807, 2.05) is 13.8 Å². The lowest BCUT2D eigenvalue weighted by atomic mass is 9.95. The zero-order valence-electron chi connectivity index (χ0n) is 17.2. The van der Waals surface area contributed by atoms with E-state index < -0.39 is 10.0 Å². The smallest absolute Gasteiger partial charge is 0.251 e. The lowest BCUT2D eigenvalue weighted by Crippen LogP contribution is -2.48. The highest BCUT2D eigenvalue weighted by Gasteiger charge is 2.32. The minimum Gasteiger partial charge on any atom is -0.497 e. The molecule has 1 saturated carbocycles. The third-order valence-corrected chi connectivity index (χ3v) is 7.11. The Morgan fingerprint density at radius 3 is 2.18 bits per heavy atom. The summed E-state index contributed by atoms with van der Waals surface area (Å²) in [5, 5.41) is 2.70. The van der Waals surface area contributed by atoms with E-state index >= 15 is 0 Å². The largest absolute Gasteiger partial charge is 0.497 e. The molecule has 1 aliphatic carbocycles. The average Bonchev–Trinajstić information content (AvgIpc) is 2.67. The summed E-state index contributed by atoms with van der Waals surface area (Å²) in [6, 6.07) is 4.83. The number of methoxy groups -OCH3 is 2. The van der Waals surface area contributed by atoms with Crippen molar-refractivity contribution in [2.75, 3.05) is 26.5 Å². The first kappa shape index (κ1) is 22.5. The molecule has 1 N–H and O–H groups in total. The Balaban J connectivity index is 2.01. The average molecular weight is 413 g/mol. The van der Waals surface area contributed by atoms with Gasteiger partial charge in [-0.1, -0.05) is 19.3 Å². The fourth-order valence-electron chi connectivity index (χ4n) is 3.75. The Morgan fingerprint density at radius 2 is 1.68 bits per heavy atom. The van der Waals surface area contributed by atoms with Crippen molar-refractivity contribution in [1.82, 2.24) is 9.62 Å². The number of amides is 1. The molecule has 28 heavy (non-hydrogen) atoms. The SMILES string of the molecule is COc1cc(OC)cc(C(=O)NCCS(=O)(=O)N(C(C)C)C2CCCCC2)c1. The van der Waals surface area contributed by atoms with Gasteiger partial charge in [-0.15, -0.1) is 0 Å². The molecule has 1 fully saturated rings. The number of rotatable bonds is 9. The summed E-state index contributed by atoms with van der Waals surface area (Å²) in [5.74, 6) is 0.524. The number of hydrogen-bond donors (Lipinski definition) is 1. The Hall–Kier alpha value is -1.80. The second kappa shape index (κ2) is 10.1. The van der Waals surface area contributed by atoms with Gasteiger partial charge in [-0.3, -0.25) is 4.79 Å². The van der Waals surface area contributed by atoms with Gasteiger partial charge in [0.05, 0.1) is 20.0 Å². The predicted octanol–water partition coefficient (Wildman–Crippen LogP) is 2.81. The maximum absolute atomic E-state index is 12.9. The van der Waals surface area contributed by atoms with Crippen LogP contribution in [-0.4, -0.2) is 57.2 Å². The number of sulfonamides is 1. The van der Waals surface area contributed by atoms with Crippen LogP contribution in [0.1, 0.15) is 56.3 Å². The molecule has 0 spiro atoms. The van der Waals surface area contributed by atoms with Crippen LogP contribution in [0.25, 0.3) is 0 Å². The number of hydrogen-bond acceptors (Lipinski definition) is 5. The van der Waals surface area contributed by atoms with Crippen LogP contribution >= 0.6 is 0 Å². The molecule has 8 heteroatoms. The van der Waals surface area contributed by atoms with E-state index in [0.29, 0.717) is 17.1 Å². The van der Waals surface area contributed by atoms with Gasteiger partial charge in [-0.2, -0.15) is 4.31 Å². The van der Waals surface area contributed by atoms with Crippen LogP contribution in [-0.2, 0) is 10.0 Å². The number of ether oxygens (including phenoxy) is 2.